The lowest BCUT2D eigenvalue weighted by molar-refractivity contribution is 0.0543. The van der Waals surface area contributed by atoms with Crippen molar-refractivity contribution >= 4 is 23.2 Å². The molecule has 0 radical (unpaired) electrons. The Labute approximate surface area is 112 Å². The highest BCUT2D eigenvalue weighted by Gasteiger charge is 2.07. The van der Waals surface area contributed by atoms with Crippen molar-refractivity contribution < 1.29 is 14.2 Å². The fourth-order valence-corrected chi connectivity index (χ4v) is 1.73. The van der Waals surface area contributed by atoms with E-state index >= 15 is 0 Å². The number of halogens is 2. The minimum absolute atomic E-state index is 0.375. The maximum absolute atomic E-state index is 6.03. The van der Waals surface area contributed by atoms with Crippen LogP contribution >= 0.6 is 23.2 Å². The minimum Gasteiger partial charge on any atom is -0.489 e. The molecule has 0 bridgehead atoms. The molecule has 0 saturated carbocycles. The maximum Gasteiger partial charge on any atom is 0.142 e. The van der Waals surface area contributed by atoms with Gasteiger partial charge in [-0.3, -0.25) is 0 Å². The highest BCUT2D eigenvalue weighted by atomic mass is 35.5. The van der Waals surface area contributed by atoms with Crippen LogP contribution in [0.15, 0.2) is 18.2 Å². The molecule has 96 valence electrons. The molecule has 17 heavy (non-hydrogen) atoms. The van der Waals surface area contributed by atoms with Crippen LogP contribution in [0.1, 0.15) is 5.56 Å². The lowest BCUT2D eigenvalue weighted by Crippen LogP contribution is -2.10. The normalized spacial score (nSPS) is 10.5. The number of ether oxygens (including phenoxy) is 3. The van der Waals surface area contributed by atoms with Crippen molar-refractivity contribution in [2.75, 3.05) is 33.5 Å². The van der Waals surface area contributed by atoms with Crippen molar-refractivity contribution in [2.24, 2.45) is 0 Å². The molecule has 0 spiro atoms. The van der Waals surface area contributed by atoms with E-state index in [9.17, 15) is 0 Å². The standard InChI is InChI=1S/C12H16Cl2O3/c1-15-5-6-16-7-8-17-12-10(9-13)3-2-4-11(12)14/h2-4H,5-9H2,1H3. The van der Waals surface area contributed by atoms with Crippen LogP contribution in [0, 0.1) is 0 Å². The van der Waals surface area contributed by atoms with Crippen LogP contribution in [0.25, 0.3) is 0 Å². The molecule has 0 atom stereocenters. The zero-order chi connectivity index (χ0) is 12.5. The number of methoxy groups -OCH3 is 1. The van der Waals surface area contributed by atoms with E-state index < -0.39 is 0 Å². The zero-order valence-electron chi connectivity index (χ0n) is 9.75. The van der Waals surface area contributed by atoms with Gasteiger partial charge in [0, 0.05) is 12.7 Å². The molecule has 5 heteroatoms. The Morgan fingerprint density at radius 3 is 2.59 bits per heavy atom. The predicted octanol–water partition coefficient (Wildman–Crippen LogP) is 3.12. The highest BCUT2D eigenvalue weighted by Crippen LogP contribution is 2.29. The molecule has 0 aromatic heterocycles. The van der Waals surface area contributed by atoms with E-state index in [2.05, 4.69) is 0 Å². The Balaban J connectivity index is 2.35. The lowest BCUT2D eigenvalue weighted by atomic mass is 10.2. The number of hydrogen-bond donors (Lipinski definition) is 0. The summed E-state index contributed by atoms with van der Waals surface area (Å²) in [6.45, 7) is 2.08. The molecule has 0 fully saturated rings. The first-order valence-electron chi connectivity index (χ1n) is 5.32. The molecule has 0 aliphatic rings. The molecule has 1 aromatic carbocycles. The Hall–Kier alpha value is -0.480. The first kappa shape index (κ1) is 14.6. The number of para-hydroxylation sites is 1. The fraction of sp³-hybridized carbons (Fsp3) is 0.500. The molecule has 0 aliphatic heterocycles. The van der Waals surface area contributed by atoms with Gasteiger partial charge in [0.15, 0.2) is 0 Å². The lowest BCUT2D eigenvalue weighted by Gasteiger charge is -2.11. The van der Waals surface area contributed by atoms with Crippen molar-refractivity contribution in [1.82, 2.24) is 0 Å². The van der Waals surface area contributed by atoms with E-state index in [0.29, 0.717) is 43.1 Å². The third-order valence-electron chi connectivity index (χ3n) is 2.10. The van der Waals surface area contributed by atoms with Crippen molar-refractivity contribution in [3.05, 3.63) is 28.8 Å². The van der Waals surface area contributed by atoms with Crippen LogP contribution in [0.3, 0.4) is 0 Å². The Morgan fingerprint density at radius 2 is 1.88 bits per heavy atom. The summed E-state index contributed by atoms with van der Waals surface area (Å²) in [7, 11) is 1.64. The van der Waals surface area contributed by atoms with E-state index in [1.165, 1.54) is 0 Å². The van der Waals surface area contributed by atoms with Gasteiger partial charge in [-0.1, -0.05) is 23.7 Å². The average molecular weight is 279 g/mol. The topological polar surface area (TPSA) is 27.7 Å². The minimum atomic E-state index is 0.375. The molecule has 1 rings (SSSR count). The monoisotopic (exact) mass is 278 g/mol. The molecule has 0 N–H and O–H groups in total. The van der Waals surface area contributed by atoms with Gasteiger partial charge in [-0.05, 0) is 6.07 Å². The second-order valence-electron chi connectivity index (χ2n) is 3.32. The SMILES string of the molecule is COCCOCCOc1c(Cl)cccc1CCl. The van der Waals surface area contributed by atoms with Crippen LogP contribution in [-0.2, 0) is 15.4 Å². The van der Waals surface area contributed by atoms with Crippen molar-refractivity contribution in [3.63, 3.8) is 0 Å². The van der Waals surface area contributed by atoms with Gasteiger partial charge >= 0.3 is 0 Å². The highest BCUT2D eigenvalue weighted by molar-refractivity contribution is 6.32. The van der Waals surface area contributed by atoms with Gasteiger partial charge in [0.05, 0.1) is 30.7 Å². The number of rotatable bonds is 8. The molecule has 1 aromatic rings. The second-order valence-corrected chi connectivity index (χ2v) is 3.99. The number of hydrogen-bond acceptors (Lipinski definition) is 3. The van der Waals surface area contributed by atoms with Gasteiger partial charge in [0.25, 0.3) is 0 Å². The molecule has 0 unspecified atom stereocenters. The second kappa shape index (κ2) is 8.59. The first-order chi connectivity index (χ1) is 8.29. The van der Waals surface area contributed by atoms with Crippen LogP contribution in [0.2, 0.25) is 5.02 Å². The summed E-state index contributed by atoms with van der Waals surface area (Å²) in [4.78, 5) is 0. The van der Waals surface area contributed by atoms with Gasteiger partial charge in [-0.15, -0.1) is 11.6 Å². The third-order valence-corrected chi connectivity index (χ3v) is 2.68. The van der Waals surface area contributed by atoms with Gasteiger partial charge in [0.2, 0.25) is 0 Å². The fourth-order valence-electron chi connectivity index (χ4n) is 1.27. The number of alkyl halides is 1. The van der Waals surface area contributed by atoms with Crippen LogP contribution in [0.5, 0.6) is 5.75 Å². The summed E-state index contributed by atoms with van der Waals surface area (Å²) in [6.07, 6.45) is 0. The van der Waals surface area contributed by atoms with E-state index in [4.69, 9.17) is 37.4 Å². The quantitative estimate of drug-likeness (QED) is 0.540. The van der Waals surface area contributed by atoms with E-state index in [1.807, 2.05) is 12.1 Å². The Morgan fingerprint density at radius 1 is 1.12 bits per heavy atom. The van der Waals surface area contributed by atoms with Crippen LogP contribution < -0.4 is 4.74 Å². The summed E-state index contributed by atoms with van der Waals surface area (Å²) in [5.74, 6) is 1.01. The molecule has 0 heterocycles. The van der Waals surface area contributed by atoms with Gasteiger partial charge in [-0.2, -0.15) is 0 Å². The van der Waals surface area contributed by atoms with Gasteiger partial charge in [-0.25, -0.2) is 0 Å². The average Bonchev–Trinajstić information content (AvgIpc) is 2.35. The molecule has 0 amide bonds. The Kier molecular flexibility index (Phi) is 7.37. The van der Waals surface area contributed by atoms with E-state index in [0.717, 1.165) is 5.56 Å². The molecule has 0 saturated heterocycles. The summed E-state index contributed by atoms with van der Waals surface area (Å²) in [5, 5.41) is 0.569. The van der Waals surface area contributed by atoms with Gasteiger partial charge < -0.3 is 14.2 Å². The molecule has 0 aliphatic carbocycles. The third kappa shape index (κ3) is 5.13. The maximum atomic E-state index is 6.03. The summed E-state index contributed by atoms with van der Waals surface area (Å²) < 4.78 is 15.7. The van der Waals surface area contributed by atoms with Gasteiger partial charge in [0.1, 0.15) is 12.4 Å². The van der Waals surface area contributed by atoms with Crippen LogP contribution in [0.4, 0.5) is 0 Å². The molecular weight excluding hydrogens is 263 g/mol. The van der Waals surface area contributed by atoms with Crippen molar-refractivity contribution in [2.45, 2.75) is 5.88 Å². The summed E-state index contributed by atoms with van der Waals surface area (Å²) in [6, 6.07) is 5.51. The Bertz CT molecular complexity index is 332. The first-order valence-corrected chi connectivity index (χ1v) is 6.23. The van der Waals surface area contributed by atoms with Crippen LogP contribution in [-0.4, -0.2) is 33.5 Å². The number of benzene rings is 1. The van der Waals surface area contributed by atoms with E-state index in [1.54, 1.807) is 13.2 Å². The van der Waals surface area contributed by atoms with Crippen molar-refractivity contribution in [3.8, 4) is 5.75 Å². The summed E-state index contributed by atoms with van der Waals surface area (Å²) in [5.41, 5.74) is 0.885. The zero-order valence-corrected chi connectivity index (χ0v) is 11.3. The molecule has 3 nitrogen and oxygen atoms in total. The van der Waals surface area contributed by atoms with Crippen molar-refractivity contribution in [1.29, 1.82) is 0 Å². The largest absolute Gasteiger partial charge is 0.489 e. The smallest absolute Gasteiger partial charge is 0.142 e. The predicted molar refractivity (Wildman–Crippen MR) is 69.2 cm³/mol. The molecular formula is C12H16Cl2O3. The van der Waals surface area contributed by atoms with E-state index in [-0.39, 0.29) is 0 Å². The summed E-state index contributed by atoms with van der Waals surface area (Å²) >= 11 is 11.8.